The van der Waals surface area contributed by atoms with Crippen molar-refractivity contribution in [3.05, 3.63) is 63.0 Å². The molecule has 0 aliphatic heterocycles. The SMILES string of the molecule is O=C(Nc1cccc(CCl)c1)c1ccc(F)cc1I. The third kappa shape index (κ3) is 3.67. The number of nitrogens with one attached hydrogen (secondary N) is 1. The number of alkyl halides is 1. The molecule has 0 heterocycles. The van der Waals surface area contributed by atoms with Gasteiger partial charge in [-0.25, -0.2) is 4.39 Å². The average Bonchev–Trinajstić information content (AvgIpc) is 2.38. The predicted octanol–water partition coefficient (Wildman–Crippen LogP) is 4.42. The molecule has 1 N–H and O–H groups in total. The van der Waals surface area contributed by atoms with Crippen LogP contribution in [0.25, 0.3) is 0 Å². The molecule has 1 amide bonds. The summed E-state index contributed by atoms with van der Waals surface area (Å²) in [6.07, 6.45) is 0. The van der Waals surface area contributed by atoms with Crippen molar-refractivity contribution in [3.63, 3.8) is 0 Å². The van der Waals surface area contributed by atoms with Crippen LogP contribution in [0.2, 0.25) is 0 Å². The van der Waals surface area contributed by atoms with E-state index in [-0.39, 0.29) is 11.7 Å². The normalized spacial score (nSPS) is 10.3. The Labute approximate surface area is 129 Å². The van der Waals surface area contributed by atoms with Gasteiger partial charge in [0.25, 0.3) is 5.91 Å². The molecule has 2 aromatic rings. The topological polar surface area (TPSA) is 29.1 Å². The van der Waals surface area contributed by atoms with Crippen molar-refractivity contribution in [1.82, 2.24) is 0 Å². The minimum Gasteiger partial charge on any atom is -0.322 e. The quantitative estimate of drug-likeness (QED) is 0.611. The van der Waals surface area contributed by atoms with Gasteiger partial charge < -0.3 is 5.32 Å². The lowest BCUT2D eigenvalue weighted by Crippen LogP contribution is -2.13. The van der Waals surface area contributed by atoms with E-state index in [0.29, 0.717) is 20.7 Å². The number of hydrogen-bond acceptors (Lipinski definition) is 1. The highest BCUT2D eigenvalue weighted by Crippen LogP contribution is 2.17. The Morgan fingerprint density at radius 3 is 2.74 bits per heavy atom. The minimum atomic E-state index is -0.356. The van der Waals surface area contributed by atoms with E-state index in [1.54, 1.807) is 12.1 Å². The Morgan fingerprint density at radius 1 is 1.26 bits per heavy atom. The number of hydrogen-bond donors (Lipinski definition) is 1. The van der Waals surface area contributed by atoms with E-state index in [0.717, 1.165) is 5.56 Å². The molecule has 0 atom stereocenters. The Bertz CT molecular complexity index is 618. The van der Waals surface area contributed by atoms with E-state index in [2.05, 4.69) is 5.32 Å². The summed E-state index contributed by atoms with van der Waals surface area (Å²) in [6, 6.07) is 11.4. The van der Waals surface area contributed by atoms with Crippen LogP contribution >= 0.6 is 34.2 Å². The fourth-order valence-electron chi connectivity index (χ4n) is 1.60. The highest BCUT2D eigenvalue weighted by molar-refractivity contribution is 14.1. The van der Waals surface area contributed by atoms with Crippen LogP contribution in [0.5, 0.6) is 0 Å². The fraction of sp³-hybridized carbons (Fsp3) is 0.0714. The number of carbonyl (C=O) groups excluding carboxylic acids is 1. The number of rotatable bonds is 3. The summed E-state index contributed by atoms with van der Waals surface area (Å²) in [5.74, 6) is -0.237. The van der Waals surface area contributed by atoms with Crippen LogP contribution in [0.1, 0.15) is 15.9 Å². The number of amides is 1. The number of anilines is 1. The summed E-state index contributed by atoms with van der Waals surface area (Å²) in [5.41, 5.74) is 2.04. The maximum Gasteiger partial charge on any atom is 0.256 e. The number of carbonyl (C=O) groups is 1. The summed E-state index contributed by atoms with van der Waals surface area (Å²) < 4.78 is 13.6. The predicted molar refractivity (Wildman–Crippen MR) is 83.1 cm³/mol. The van der Waals surface area contributed by atoms with Gasteiger partial charge in [-0.1, -0.05) is 12.1 Å². The van der Waals surface area contributed by atoms with Gasteiger partial charge in [-0.3, -0.25) is 4.79 Å². The average molecular weight is 390 g/mol. The van der Waals surface area contributed by atoms with Gasteiger partial charge in [-0.2, -0.15) is 0 Å². The third-order valence-corrected chi connectivity index (χ3v) is 3.72. The van der Waals surface area contributed by atoms with Gasteiger partial charge in [0.1, 0.15) is 5.82 Å². The number of halogens is 3. The molecule has 0 saturated heterocycles. The molecule has 2 rings (SSSR count). The smallest absolute Gasteiger partial charge is 0.256 e. The standard InChI is InChI=1S/C14H10ClFINO/c15-8-9-2-1-3-11(6-9)18-14(19)12-5-4-10(16)7-13(12)17/h1-7H,8H2,(H,18,19). The van der Waals surface area contributed by atoms with E-state index >= 15 is 0 Å². The molecule has 5 heteroatoms. The van der Waals surface area contributed by atoms with E-state index in [9.17, 15) is 9.18 Å². The zero-order valence-electron chi connectivity index (χ0n) is 9.79. The van der Waals surface area contributed by atoms with E-state index < -0.39 is 0 Å². The van der Waals surface area contributed by atoms with Crippen molar-refractivity contribution < 1.29 is 9.18 Å². The first-order chi connectivity index (χ1) is 9.10. The van der Waals surface area contributed by atoms with E-state index in [1.807, 2.05) is 34.7 Å². The lowest BCUT2D eigenvalue weighted by atomic mass is 10.2. The van der Waals surface area contributed by atoms with Crippen LogP contribution in [-0.2, 0) is 5.88 Å². The van der Waals surface area contributed by atoms with Gasteiger partial charge in [0.05, 0.1) is 5.56 Å². The van der Waals surface area contributed by atoms with Gasteiger partial charge in [0, 0.05) is 15.1 Å². The molecule has 0 unspecified atom stereocenters. The molecule has 0 aliphatic carbocycles. The molecular formula is C14H10ClFINO. The molecule has 0 aliphatic rings. The Morgan fingerprint density at radius 2 is 2.05 bits per heavy atom. The molecule has 0 fully saturated rings. The lowest BCUT2D eigenvalue weighted by molar-refractivity contribution is 0.102. The van der Waals surface area contributed by atoms with Gasteiger partial charge >= 0.3 is 0 Å². The minimum absolute atomic E-state index is 0.267. The second kappa shape index (κ2) is 6.34. The summed E-state index contributed by atoms with van der Waals surface area (Å²) in [6.45, 7) is 0. The van der Waals surface area contributed by atoms with Crippen molar-refractivity contribution in [1.29, 1.82) is 0 Å². The van der Waals surface area contributed by atoms with Crippen LogP contribution < -0.4 is 5.32 Å². The number of benzene rings is 2. The van der Waals surface area contributed by atoms with E-state index in [1.165, 1.54) is 18.2 Å². The van der Waals surface area contributed by atoms with Crippen LogP contribution in [0.15, 0.2) is 42.5 Å². The third-order valence-electron chi connectivity index (χ3n) is 2.51. The molecule has 0 radical (unpaired) electrons. The Kier molecular flexibility index (Phi) is 4.76. The van der Waals surface area contributed by atoms with Gasteiger partial charge in [0.2, 0.25) is 0 Å². The molecule has 0 aromatic heterocycles. The largest absolute Gasteiger partial charge is 0.322 e. The molecule has 19 heavy (non-hydrogen) atoms. The summed E-state index contributed by atoms with van der Waals surface area (Å²) >= 11 is 7.68. The van der Waals surface area contributed by atoms with Crippen molar-refractivity contribution >= 4 is 45.8 Å². The summed E-state index contributed by atoms with van der Waals surface area (Å²) in [7, 11) is 0. The molecule has 0 saturated carbocycles. The molecule has 0 spiro atoms. The van der Waals surface area contributed by atoms with Crippen LogP contribution in [0.3, 0.4) is 0 Å². The highest BCUT2D eigenvalue weighted by Gasteiger charge is 2.11. The first-order valence-corrected chi connectivity index (χ1v) is 7.13. The molecule has 2 nitrogen and oxygen atoms in total. The first-order valence-electron chi connectivity index (χ1n) is 5.51. The zero-order chi connectivity index (χ0) is 13.8. The van der Waals surface area contributed by atoms with Gasteiger partial charge in [-0.05, 0) is 58.5 Å². The van der Waals surface area contributed by atoms with Crippen molar-refractivity contribution in [2.45, 2.75) is 5.88 Å². The maximum absolute atomic E-state index is 13.0. The lowest BCUT2D eigenvalue weighted by Gasteiger charge is -2.08. The Hall–Kier alpha value is -1.14. The Balaban J connectivity index is 2.20. The van der Waals surface area contributed by atoms with E-state index in [4.69, 9.17) is 11.6 Å². The molecule has 0 bridgehead atoms. The second-order valence-corrected chi connectivity index (χ2v) is 5.34. The second-order valence-electron chi connectivity index (χ2n) is 3.91. The fourth-order valence-corrected chi connectivity index (χ4v) is 2.49. The van der Waals surface area contributed by atoms with Crippen LogP contribution in [0, 0.1) is 9.39 Å². The van der Waals surface area contributed by atoms with Gasteiger partial charge in [0.15, 0.2) is 0 Å². The molecular weight excluding hydrogens is 380 g/mol. The first kappa shape index (κ1) is 14.3. The van der Waals surface area contributed by atoms with Crippen LogP contribution in [-0.4, -0.2) is 5.91 Å². The molecule has 2 aromatic carbocycles. The monoisotopic (exact) mass is 389 g/mol. The van der Waals surface area contributed by atoms with Gasteiger partial charge in [-0.15, -0.1) is 11.6 Å². The summed E-state index contributed by atoms with van der Waals surface area (Å²) in [4.78, 5) is 12.1. The maximum atomic E-state index is 13.0. The van der Waals surface area contributed by atoms with Crippen molar-refractivity contribution in [2.24, 2.45) is 0 Å². The van der Waals surface area contributed by atoms with Crippen LogP contribution in [0.4, 0.5) is 10.1 Å². The zero-order valence-corrected chi connectivity index (χ0v) is 12.7. The van der Waals surface area contributed by atoms with Crippen molar-refractivity contribution in [3.8, 4) is 0 Å². The highest BCUT2D eigenvalue weighted by atomic mass is 127. The van der Waals surface area contributed by atoms with Crippen molar-refractivity contribution in [2.75, 3.05) is 5.32 Å². The molecule has 98 valence electrons. The summed E-state index contributed by atoms with van der Waals surface area (Å²) in [5, 5.41) is 2.77.